The number of nitrogens with one attached hydrogen (secondary N) is 1. The molecule has 5 rings (SSSR count). The highest BCUT2D eigenvalue weighted by molar-refractivity contribution is 6.44. The standard InChI is InChI=1S/C28H37N5O2/c1-20-11-13-33(14-12-20)26-19-22(21-3-6-23(7-4-21)32-15-17-35-18-16-32)5-8-24(26)31-28(34)25-9-10-27(29-2)30-25/h5,8,10,19-21,23H,3-4,6-7,9,11-18H2,1H3,(H,31,34). The largest absolute Gasteiger partial charge is 0.379 e. The Labute approximate surface area is 209 Å². The van der Waals surface area contributed by atoms with Crippen molar-refractivity contribution in [1.29, 1.82) is 0 Å². The van der Waals surface area contributed by atoms with Gasteiger partial charge in [0.25, 0.3) is 11.7 Å². The first-order chi connectivity index (χ1) is 17.1. The van der Waals surface area contributed by atoms with Crippen LogP contribution in [0.1, 0.15) is 63.4 Å². The van der Waals surface area contributed by atoms with Crippen molar-refractivity contribution in [3.05, 3.63) is 47.1 Å². The molecule has 0 unspecified atom stereocenters. The quantitative estimate of drug-likeness (QED) is 0.620. The van der Waals surface area contributed by atoms with Crippen molar-refractivity contribution in [2.24, 2.45) is 10.9 Å². The Balaban J connectivity index is 1.31. The van der Waals surface area contributed by atoms with Crippen LogP contribution in [0.15, 0.2) is 35.1 Å². The maximum Gasteiger partial charge on any atom is 0.294 e. The number of carbonyl (C=O) groups excluding carboxylic acids is 1. The molecule has 4 aliphatic rings. The predicted octanol–water partition coefficient (Wildman–Crippen LogP) is 4.83. The van der Waals surface area contributed by atoms with Crippen LogP contribution < -0.4 is 10.2 Å². The third-order valence-corrected chi connectivity index (χ3v) is 8.23. The molecule has 0 radical (unpaired) electrons. The molecule has 35 heavy (non-hydrogen) atoms. The van der Waals surface area contributed by atoms with E-state index in [0.717, 1.165) is 56.7 Å². The second kappa shape index (κ2) is 10.9. The fraction of sp³-hybridized carbons (Fsp3) is 0.607. The number of amides is 1. The number of anilines is 2. The molecule has 186 valence electrons. The second-order valence-electron chi connectivity index (χ2n) is 10.5. The summed E-state index contributed by atoms with van der Waals surface area (Å²) in [7, 11) is 0. The minimum absolute atomic E-state index is 0.203. The van der Waals surface area contributed by atoms with Crippen LogP contribution in [0.5, 0.6) is 0 Å². The Morgan fingerprint density at radius 1 is 1.09 bits per heavy atom. The van der Waals surface area contributed by atoms with Crippen LogP contribution in [0, 0.1) is 12.5 Å². The zero-order valence-corrected chi connectivity index (χ0v) is 20.8. The normalized spacial score (nSPS) is 26.1. The highest BCUT2D eigenvalue weighted by atomic mass is 16.5. The second-order valence-corrected chi connectivity index (χ2v) is 10.5. The van der Waals surface area contributed by atoms with Crippen LogP contribution in [-0.2, 0) is 9.53 Å². The molecule has 0 atom stereocenters. The van der Waals surface area contributed by atoms with E-state index in [1.807, 2.05) is 0 Å². The smallest absolute Gasteiger partial charge is 0.294 e. The number of rotatable bonds is 5. The predicted molar refractivity (Wildman–Crippen MR) is 140 cm³/mol. The summed E-state index contributed by atoms with van der Waals surface area (Å²) < 4.78 is 5.54. The minimum atomic E-state index is -0.203. The number of allylic oxidation sites excluding steroid dienone is 1. The molecule has 1 N–H and O–H groups in total. The van der Waals surface area contributed by atoms with Crippen molar-refractivity contribution in [1.82, 2.24) is 4.90 Å². The van der Waals surface area contributed by atoms with Crippen LogP contribution in [0.25, 0.3) is 4.85 Å². The van der Waals surface area contributed by atoms with E-state index < -0.39 is 0 Å². The molecular formula is C28H37N5O2. The molecule has 1 saturated carbocycles. The summed E-state index contributed by atoms with van der Waals surface area (Å²) in [6.07, 6.45) is 9.40. The van der Waals surface area contributed by atoms with E-state index in [9.17, 15) is 4.79 Å². The van der Waals surface area contributed by atoms with Gasteiger partial charge in [-0.05, 0) is 68.1 Å². The fourth-order valence-corrected chi connectivity index (χ4v) is 5.96. The zero-order valence-electron chi connectivity index (χ0n) is 20.8. The molecule has 1 amide bonds. The molecule has 3 aliphatic heterocycles. The lowest BCUT2D eigenvalue weighted by atomic mass is 9.81. The molecule has 3 heterocycles. The van der Waals surface area contributed by atoms with Gasteiger partial charge in [0.15, 0.2) is 5.71 Å². The van der Waals surface area contributed by atoms with Crippen LogP contribution in [0.2, 0.25) is 0 Å². The number of aliphatic imine (C=N–C) groups is 1. The number of morpholine rings is 1. The lowest BCUT2D eigenvalue weighted by Crippen LogP contribution is -2.44. The molecule has 7 nitrogen and oxygen atoms in total. The van der Waals surface area contributed by atoms with E-state index in [4.69, 9.17) is 11.3 Å². The van der Waals surface area contributed by atoms with Gasteiger partial charge in [-0.25, -0.2) is 0 Å². The van der Waals surface area contributed by atoms with Crippen molar-refractivity contribution in [3.63, 3.8) is 0 Å². The van der Waals surface area contributed by atoms with Crippen LogP contribution in [0.4, 0.5) is 11.4 Å². The Morgan fingerprint density at radius 3 is 2.51 bits per heavy atom. The number of nitrogens with zero attached hydrogens (tertiary/aromatic N) is 4. The fourth-order valence-electron chi connectivity index (χ4n) is 5.96. The van der Waals surface area contributed by atoms with Gasteiger partial charge in [-0.1, -0.05) is 25.6 Å². The number of hydrogen-bond acceptors (Lipinski definition) is 5. The Hall–Kier alpha value is -2.69. The summed E-state index contributed by atoms with van der Waals surface area (Å²) in [6.45, 7) is 15.4. The molecule has 7 heteroatoms. The monoisotopic (exact) mass is 475 g/mol. The van der Waals surface area contributed by atoms with Gasteiger partial charge < -0.3 is 19.8 Å². The van der Waals surface area contributed by atoms with E-state index in [2.05, 4.69) is 50.1 Å². The van der Waals surface area contributed by atoms with E-state index in [-0.39, 0.29) is 5.91 Å². The van der Waals surface area contributed by atoms with Gasteiger partial charge >= 0.3 is 0 Å². The molecule has 0 bridgehead atoms. The first kappa shape index (κ1) is 24.0. The summed E-state index contributed by atoms with van der Waals surface area (Å²) in [6, 6.07) is 7.33. The van der Waals surface area contributed by atoms with Crippen molar-refractivity contribution in [2.75, 3.05) is 49.6 Å². The average Bonchev–Trinajstić information content (AvgIpc) is 3.40. The third kappa shape index (κ3) is 5.60. The molecule has 3 fully saturated rings. The number of hydrogen-bond donors (Lipinski definition) is 1. The van der Waals surface area contributed by atoms with Gasteiger partial charge in [-0.3, -0.25) is 9.69 Å². The van der Waals surface area contributed by atoms with Gasteiger partial charge in [0, 0.05) is 38.6 Å². The van der Waals surface area contributed by atoms with Crippen LogP contribution in [0.3, 0.4) is 0 Å². The van der Waals surface area contributed by atoms with Gasteiger partial charge in [0.05, 0.1) is 24.6 Å². The van der Waals surface area contributed by atoms with E-state index in [1.54, 1.807) is 6.08 Å². The number of carbonyl (C=O) groups is 1. The summed E-state index contributed by atoms with van der Waals surface area (Å²) in [5, 5.41) is 3.12. The lowest BCUT2D eigenvalue weighted by Gasteiger charge is -2.39. The van der Waals surface area contributed by atoms with Crippen LogP contribution >= 0.6 is 0 Å². The Bertz CT molecular complexity index is 1020. The zero-order chi connectivity index (χ0) is 24.2. The number of piperidine rings is 1. The van der Waals surface area contributed by atoms with Gasteiger partial charge in [-0.15, -0.1) is 4.99 Å². The van der Waals surface area contributed by atoms with Crippen molar-refractivity contribution >= 4 is 23.0 Å². The lowest BCUT2D eigenvalue weighted by molar-refractivity contribution is -0.110. The van der Waals surface area contributed by atoms with Crippen molar-refractivity contribution in [3.8, 4) is 0 Å². The Kier molecular flexibility index (Phi) is 7.50. The maximum absolute atomic E-state index is 12.9. The maximum atomic E-state index is 12.9. The summed E-state index contributed by atoms with van der Waals surface area (Å²) >= 11 is 0. The van der Waals surface area contributed by atoms with E-state index in [1.165, 1.54) is 44.1 Å². The SMILES string of the molecule is [C-]#[N+]C1=CCC(C(=O)Nc2ccc(C3CCC(N4CCOCC4)CC3)cc2N2CCC(C)CC2)=N1. The van der Waals surface area contributed by atoms with Gasteiger partial charge in [0.1, 0.15) is 0 Å². The first-order valence-corrected chi connectivity index (χ1v) is 13.3. The number of benzene rings is 1. The molecule has 0 aromatic heterocycles. The summed E-state index contributed by atoms with van der Waals surface area (Å²) in [5.74, 6) is 1.42. The van der Waals surface area contributed by atoms with Gasteiger partial charge in [-0.2, -0.15) is 0 Å². The average molecular weight is 476 g/mol. The highest BCUT2D eigenvalue weighted by Crippen LogP contribution is 2.39. The topological polar surface area (TPSA) is 61.5 Å². The minimum Gasteiger partial charge on any atom is -0.379 e. The third-order valence-electron chi connectivity index (χ3n) is 8.23. The summed E-state index contributed by atoms with van der Waals surface area (Å²) in [5.41, 5.74) is 3.80. The van der Waals surface area contributed by atoms with Crippen molar-refractivity contribution < 1.29 is 9.53 Å². The molecule has 2 saturated heterocycles. The number of ether oxygens (including phenoxy) is 1. The van der Waals surface area contributed by atoms with Crippen molar-refractivity contribution in [2.45, 2.75) is 63.8 Å². The highest BCUT2D eigenvalue weighted by Gasteiger charge is 2.29. The molecule has 1 aromatic rings. The van der Waals surface area contributed by atoms with Gasteiger partial charge in [0.2, 0.25) is 0 Å². The summed E-state index contributed by atoms with van der Waals surface area (Å²) in [4.78, 5) is 25.5. The molecule has 1 aliphatic carbocycles. The molecule has 1 aromatic carbocycles. The van der Waals surface area contributed by atoms with Crippen LogP contribution in [-0.4, -0.2) is 62.0 Å². The van der Waals surface area contributed by atoms with E-state index in [0.29, 0.717) is 29.9 Å². The van der Waals surface area contributed by atoms with E-state index >= 15 is 0 Å². The Morgan fingerprint density at radius 2 is 1.83 bits per heavy atom. The first-order valence-electron chi connectivity index (χ1n) is 13.3. The molecular weight excluding hydrogens is 438 g/mol. The molecule has 0 spiro atoms.